The highest BCUT2D eigenvalue weighted by molar-refractivity contribution is 8.24. The van der Waals surface area contributed by atoms with Gasteiger partial charge in [0.1, 0.15) is 5.03 Å². The van der Waals surface area contributed by atoms with Gasteiger partial charge in [-0.15, -0.1) is 10.6 Å². The Morgan fingerprint density at radius 3 is 2.30 bits per heavy atom. The smallest absolute Gasteiger partial charge is 0.148 e. The standard InChI is InChI=1S/C19H21NO2S/c1-13-8-7-11-17-14(2)12-18(20-19(13)17)23(21,22)15(3)16-9-5-4-6-10-16/h4-12,15,21-22H,1-3H3. The van der Waals surface area contributed by atoms with E-state index in [1.165, 1.54) is 0 Å². The molecule has 1 heterocycles. The highest BCUT2D eigenvalue weighted by atomic mass is 32.3. The molecule has 4 heteroatoms. The third kappa shape index (κ3) is 2.85. The van der Waals surface area contributed by atoms with Gasteiger partial charge in [-0.1, -0.05) is 48.5 Å². The average molecular weight is 327 g/mol. The zero-order valence-electron chi connectivity index (χ0n) is 13.5. The van der Waals surface area contributed by atoms with E-state index >= 15 is 0 Å². The maximum absolute atomic E-state index is 10.9. The van der Waals surface area contributed by atoms with Crippen molar-refractivity contribution in [2.45, 2.75) is 31.0 Å². The first-order valence-corrected chi connectivity index (χ1v) is 9.21. The first kappa shape index (κ1) is 16.0. The maximum atomic E-state index is 10.9. The number of benzene rings is 2. The summed E-state index contributed by atoms with van der Waals surface area (Å²) in [5.41, 5.74) is 3.78. The van der Waals surface area contributed by atoms with Gasteiger partial charge >= 0.3 is 0 Å². The van der Waals surface area contributed by atoms with E-state index in [0.29, 0.717) is 5.03 Å². The van der Waals surface area contributed by atoms with Crippen LogP contribution in [0.5, 0.6) is 0 Å². The summed E-state index contributed by atoms with van der Waals surface area (Å²) in [6.07, 6.45) is 0. The molecule has 2 aromatic carbocycles. The van der Waals surface area contributed by atoms with E-state index in [9.17, 15) is 9.11 Å². The molecule has 1 atom stereocenters. The number of aryl methyl sites for hydroxylation is 2. The van der Waals surface area contributed by atoms with E-state index < -0.39 is 15.8 Å². The molecule has 3 rings (SSSR count). The lowest BCUT2D eigenvalue weighted by Crippen LogP contribution is -2.10. The van der Waals surface area contributed by atoms with Crippen molar-refractivity contribution in [2.75, 3.05) is 0 Å². The summed E-state index contributed by atoms with van der Waals surface area (Å²) in [5, 5.41) is 1.02. The van der Waals surface area contributed by atoms with Crippen LogP contribution in [0.2, 0.25) is 0 Å². The van der Waals surface area contributed by atoms with Crippen molar-refractivity contribution in [1.82, 2.24) is 4.98 Å². The van der Waals surface area contributed by atoms with Crippen molar-refractivity contribution in [2.24, 2.45) is 0 Å². The molecule has 0 radical (unpaired) electrons. The first-order chi connectivity index (χ1) is 10.9. The molecule has 0 saturated heterocycles. The maximum Gasteiger partial charge on any atom is 0.148 e. The van der Waals surface area contributed by atoms with E-state index in [-0.39, 0.29) is 0 Å². The van der Waals surface area contributed by atoms with E-state index in [2.05, 4.69) is 4.98 Å². The Labute approximate surface area is 138 Å². The van der Waals surface area contributed by atoms with Crippen LogP contribution in [0.25, 0.3) is 10.9 Å². The third-order valence-corrected chi connectivity index (χ3v) is 6.38. The van der Waals surface area contributed by atoms with Gasteiger partial charge in [0.2, 0.25) is 0 Å². The Hall–Kier alpha value is -1.88. The van der Waals surface area contributed by atoms with Crippen molar-refractivity contribution in [1.29, 1.82) is 0 Å². The summed E-state index contributed by atoms with van der Waals surface area (Å²) in [6, 6.07) is 17.4. The molecular weight excluding hydrogens is 306 g/mol. The Balaban J connectivity index is 2.13. The van der Waals surface area contributed by atoms with Crippen LogP contribution in [0.15, 0.2) is 59.6 Å². The van der Waals surface area contributed by atoms with Crippen LogP contribution in [-0.2, 0) is 0 Å². The Morgan fingerprint density at radius 2 is 1.61 bits per heavy atom. The SMILES string of the molecule is Cc1cc(S(O)(O)C(C)c2ccccc2)nc2c(C)cccc12. The average Bonchev–Trinajstić information content (AvgIpc) is 2.55. The second-order valence-electron chi connectivity index (χ2n) is 5.89. The molecule has 0 aliphatic rings. The van der Waals surface area contributed by atoms with Crippen molar-refractivity contribution in [3.8, 4) is 0 Å². The molecule has 0 spiro atoms. The lowest BCUT2D eigenvalue weighted by molar-refractivity contribution is 0.471. The summed E-state index contributed by atoms with van der Waals surface area (Å²) >= 11 is 0. The summed E-state index contributed by atoms with van der Waals surface area (Å²) in [6.45, 7) is 5.81. The predicted octanol–water partition coefficient (Wildman–Crippen LogP) is 5.72. The molecule has 1 aromatic heterocycles. The molecule has 3 aromatic rings. The van der Waals surface area contributed by atoms with Crippen LogP contribution < -0.4 is 0 Å². The lowest BCUT2D eigenvalue weighted by atomic mass is 10.1. The zero-order valence-corrected chi connectivity index (χ0v) is 14.3. The van der Waals surface area contributed by atoms with Crippen molar-refractivity contribution in [3.05, 3.63) is 71.3 Å². The molecule has 1 unspecified atom stereocenters. The van der Waals surface area contributed by atoms with Gasteiger partial charge in [0.25, 0.3) is 0 Å². The fourth-order valence-corrected chi connectivity index (χ4v) is 4.25. The first-order valence-electron chi connectivity index (χ1n) is 7.60. The quantitative estimate of drug-likeness (QED) is 0.646. The van der Waals surface area contributed by atoms with Gasteiger partial charge in [-0.25, -0.2) is 4.98 Å². The number of hydrogen-bond donors (Lipinski definition) is 2. The molecule has 23 heavy (non-hydrogen) atoms. The van der Waals surface area contributed by atoms with Crippen LogP contribution in [0.3, 0.4) is 0 Å². The molecule has 2 N–H and O–H groups in total. The van der Waals surface area contributed by atoms with E-state index in [4.69, 9.17) is 0 Å². The van der Waals surface area contributed by atoms with Gasteiger partial charge in [0.05, 0.1) is 10.8 Å². The number of nitrogens with zero attached hydrogens (tertiary/aromatic N) is 1. The van der Waals surface area contributed by atoms with Gasteiger partial charge in [-0.2, -0.15) is 0 Å². The molecule has 0 amide bonds. The molecule has 0 fully saturated rings. The van der Waals surface area contributed by atoms with E-state index in [1.807, 2.05) is 69.3 Å². The van der Waals surface area contributed by atoms with Crippen molar-refractivity contribution < 1.29 is 9.11 Å². The minimum atomic E-state index is -3.03. The monoisotopic (exact) mass is 327 g/mol. The van der Waals surface area contributed by atoms with E-state index in [0.717, 1.165) is 27.6 Å². The van der Waals surface area contributed by atoms with Crippen molar-refractivity contribution in [3.63, 3.8) is 0 Å². The Kier molecular flexibility index (Phi) is 4.15. The van der Waals surface area contributed by atoms with Crippen LogP contribution in [-0.4, -0.2) is 14.1 Å². The number of hydrogen-bond acceptors (Lipinski definition) is 3. The fraction of sp³-hybridized carbons (Fsp3) is 0.211. The molecule has 0 aliphatic carbocycles. The van der Waals surface area contributed by atoms with Crippen LogP contribution in [0.1, 0.15) is 28.9 Å². The lowest BCUT2D eigenvalue weighted by Gasteiger charge is -2.38. The van der Waals surface area contributed by atoms with Crippen molar-refractivity contribution >= 4 is 21.5 Å². The van der Waals surface area contributed by atoms with Gasteiger partial charge in [0, 0.05) is 5.39 Å². The minimum absolute atomic E-state index is 0.369. The topological polar surface area (TPSA) is 53.4 Å². The molecule has 0 aliphatic heterocycles. The van der Waals surface area contributed by atoms with Gasteiger partial charge in [0.15, 0.2) is 0 Å². The number of rotatable bonds is 3. The number of pyridine rings is 1. The molecule has 3 nitrogen and oxygen atoms in total. The highest BCUT2D eigenvalue weighted by Gasteiger charge is 2.27. The summed E-state index contributed by atoms with van der Waals surface area (Å²) in [4.78, 5) is 4.59. The van der Waals surface area contributed by atoms with Gasteiger partial charge < -0.3 is 0 Å². The van der Waals surface area contributed by atoms with Crippen LogP contribution in [0, 0.1) is 13.8 Å². The van der Waals surface area contributed by atoms with Gasteiger partial charge in [-0.05, 0) is 43.5 Å². The molecular formula is C19H21NO2S. The number of aromatic nitrogens is 1. The molecule has 0 bridgehead atoms. The van der Waals surface area contributed by atoms with Crippen LogP contribution >= 0.6 is 10.6 Å². The van der Waals surface area contributed by atoms with Crippen LogP contribution in [0.4, 0.5) is 0 Å². The normalized spacial score (nSPS) is 14.0. The largest absolute Gasteiger partial charge is 0.293 e. The summed E-state index contributed by atoms with van der Waals surface area (Å²) < 4.78 is 21.7. The summed E-state index contributed by atoms with van der Waals surface area (Å²) in [5.74, 6) is 0. The zero-order chi connectivity index (χ0) is 16.6. The Bertz CT molecular complexity index is 847. The molecule has 0 saturated carbocycles. The fourth-order valence-electron chi connectivity index (χ4n) is 2.78. The third-order valence-electron chi connectivity index (χ3n) is 4.29. The van der Waals surface area contributed by atoms with Gasteiger partial charge in [-0.3, -0.25) is 9.11 Å². The highest BCUT2D eigenvalue weighted by Crippen LogP contribution is 2.59. The minimum Gasteiger partial charge on any atom is -0.293 e. The summed E-state index contributed by atoms with van der Waals surface area (Å²) in [7, 11) is -3.03. The Morgan fingerprint density at radius 1 is 0.913 bits per heavy atom. The number of para-hydroxylation sites is 1. The molecule has 120 valence electrons. The second-order valence-corrected chi connectivity index (χ2v) is 8.21. The predicted molar refractivity (Wildman–Crippen MR) is 97.2 cm³/mol. The number of fused-ring (bicyclic) bond motifs is 1. The van der Waals surface area contributed by atoms with E-state index in [1.54, 1.807) is 6.07 Å². The second kappa shape index (κ2) is 5.96.